The molecule has 1 rings (SSSR count). The topological polar surface area (TPSA) is 94.8 Å². The van der Waals surface area contributed by atoms with E-state index >= 15 is 0 Å². The van der Waals surface area contributed by atoms with Crippen LogP contribution in [0, 0.1) is 0 Å². The van der Waals surface area contributed by atoms with Crippen LogP contribution in [-0.4, -0.2) is 34.3 Å². The van der Waals surface area contributed by atoms with E-state index in [1.165, 1.54) is 24.3 Å². The minimum atomic E-state index is -4.74. The summed E-state index contributed by atoms with van der Waals surface area (Å²) in [7, 11) is 0. The zero-order chi connectivity index (χ0) is 10.5. The van der Waals surface area contributed by atoms with Crippen LogP contribution in [0.2, 0.25) is 0 Å². The fourth-order valence-electron chi connectivity index (χ4n) is 0.647. The SMILES string of the molecule is C=O.O=[As](O)(O)c1ccc(O)cc1. The molecule has 5 nitrogen and oxygen atoms in total. The van der Waals surface area contributed by atoms with Crippen molar-refractivity contribution in [3.63, 3.8) is 0 Å². The molecule has 72 valence electrons. The van der Waals surface area contributed by atoms with E-state index in [1.54, 1.807) is 0 Å². The van der Waals surface area contributed by atoms with E-state index < -0.39 is 14.2 Å². The second-order valence-corrected chi connectivity index (χ2v) is 5.43. The molecule has 0 bridgehead atoms. The minimum absolute atomic E-state index is 0.00213. The monoisotopic (exact) mass is 248 g/mol. The molecule has 6 heteroatoms. The number of carbonyl (C=O) groups is 1. The summed E-state index contributed by atoms with van der Waals surface area (Å²) in [6, 6.07) is 4.93. The fourth-order valence-corrected chi connectivity index (χ4v) is 1.77. The molecule has 13 heavy (non-hydrogen) atoms. The summed E-state index contributed by atoms with van der Waals surface area (Å²) >= 11 is -4.74. The van der Waals surface area contributed by atoms with Gasteiger partial charge in [0.05, 0.1) is 0 Å². The summed E-state index contributed by atoms with van der Waals surface area (Å²) < 4.78 is 27.9. The van der Waals surface area contributed by atoms with Crippen molar-refractivity contribution in [3.8, 4) is 5.75 Å². The van der Waals surface area contributed by atoms with Crippen LogP contribution in [0.3, 0.4) is 0 Å². The number of aromatic hydroxyl groups is 1. The molecule has 1 aromatic rings. The molecule has 0 heterocycles. The summed E-state index contributed by atoms with van der Waals surface area (Å²) in [4.78, 5) is 8.00. The van der Waals surface area contributed by atoms with Gasteiger partial charge in [-0.2, -0.15) is 0 Å². The van der Waals surface area contributed by atoms with Crippen LogP contribution in [0.4, 0.5) is 0 Å². The molecule has 1 aromatic carbocycles. The molecule has 3 N–H and O–H groups in total. The predicted octanol–water partition coefficient (Wildman–Crippen LogP) is -1.23. The standard InChI is InChI=1S/C6H7AsO4.CH2O/c8-6-3-1-5(2-4-6)7(9,10)11;1-2/h1-4,8H,(H2,9,10,11);1H2. The van der Waals surface area contributed by atoms with Crippen LogP contribution in [0.1, 0.15) is 0 Å². The maximum absolute atomic E-state index is 10.6. The van der Waals surface area contributed by atoms with Crippen LogP contribution < -0.4 is 4.35 Å². The average molecular weight is 248 g/mol. The molecular weight excluding hydrogens is 239 g/mol. The van der Waals surface area contributed by atoms with Crippen molar-refractivity contribution >= 4 is 25.3 Å². The van der Waals surface area contributed by atoms with Gasteiger partial charge >= 0.3 is 65.6 Å². The van der Waals surface area contributed by atoms with Gasteiger partial charge in [0.25, 0.3) is 0 Å². The average Bonchev–Trinajstić information content (AvgIpc) is 2.07. The molecule has 0 radical (unpaired) electrons. The van der Waals surface area contributed by atoms with Gasteiger partial charge in [-0.15, -0.1) is 0 Å². The van der Waals surface area contributed by atoms with Gasteiger partial charge in [-0.25, -0.2) is 0 Å². The van der Waals surface area contributed by atoms with Crippen LogP contribution >= 0.6 is 0 Å². The summed E-state index contributed by atoms with van der Waals surface area (Å²) in [5.41, 5.74) is 0. The quantitative estimate of drug-likeness (QED) is 0.541. The van der Waals surface area contributed by atoms with Crippen LogP contribution in [0.5, 0.6) is 5.75 Å². The zero-order valence-electron chi connectivity index (χ0n) is 6.62. The Morgan fingerprint density at radius 3 is 1.77 bits per heavy atom. The third-order valence-electron chi connectivity index (χ3n) is 1.19. The van der Waals surface area contributed by atoms with Crippen molar-refractivity contribution in [1.29, 1.82) is 0 Å². The number of benzene rings is 1. The van der Waals surface area contributed by atoms with Gasteiger partial charge in [0.1, 0.15) is 6.79 Å². The molecular formula is C7H9AsO5. The Bertz CT molecular complexity index is 301. The van der Waals surface area contributed by atoms with E-state index in [4.69, 9.17) is 18.1 Å². The first-order chi connectivity index (χ1) is 6.00. The summed E-state index contributed by atoms with van der Waals surface area (Å²) in [5.74, 6) is -0.00213. The Balaban J connectivity index is 0.000000671. The second kappa shape index (κ2) is 4.86. The van der Waals surface area contributed by atoms with Crippen LogP contribution in [-0.2, 0) is 8.53 Å². The molecule has 0 spiro atoms. The van der Waals surface area contributed by atoms with Gasteiger partial charge in [-0.05, 0) is 0 Å². The van der Waals surface area contributed by atoms with Gasteiger partial charge in [-0.1, -0.05) is 0 Å². The molecule has 0 saturated heterocycles. The number of carbonyl (C=O) groups excluding carboxylic acids is 1. The molecule has 0 atom stereocenters. The van der Waals surface area contributed by atoms with Gasteiger partial charge < -0.3 is 4.79 Å². The maximum atomic E-state index is 10.6. The normalized spacial score (nSPS) is 10.0. The zero-order valence-corrected chi connectivity index (χ0v) is 8.50. The first-order valence-electron chi connectivity index (χ1n) is 3.14. The third kappa shape index (κ3) is 3.94. The van der Waals surface area contributed by atoms with Gasteiger partial charge in [-0.3, -0.25) is 0 Å². The first kappa shape index (κ1) is 12.0. The summed E-state index contributed by atoms with van der Waals surface area (Å²) in [6.45, 7) is 2.00. The van der Waals surface area contributed by atoms with Crippen molar-refractivity contribution < 1.29 is 21.8 Å². The first-order valence-corrected chi connectivity index (χ1v) is 6.52. The van der Waals surface area contributed by atoms with E-state index in [9.17, 15) is 3.74 Å². The van der Waals surface area contributed by atoms with E-state index in [1.807, 2.05) is 6.79 Å². The molecule has 0 aromatic heterocycles. The molecule has 0 unspecified atom stereocenters. The number of phenols is 1. The molecule has 0 aliphatic heterocycles. The molecule has 0 aliphatic carbocycles. The molecule has 0 aliphatic rings. The summed E-state index contributed by atoms with van der Waals surface area (Å²) in [5, 5.41) is 8.78. The Kier molecular flexibility index (Phi) is 4.48. The number of phenolic OH excluding ortho intramolecular Hbond substituents is 1. The number of hydrogen-bond donors (Lipinski definition) is 3. The van der Waals surface area contributed by atoms with Crippen LogP contribution in [0.25, 0.3) is 0 Å². The van der Waals surface area contributed by atoms with E-state index in [0.717, 1.165) is 0 Å². The van der Waals surface area contributed by atoms with Crippen molar-refractivity contribution in [2.45, 2.75) is 0 Å². The molecule has 0 saturated carbocycles. The Morgan fingerprint density at radius 2 is 1.46 bits per heavy atom. The van der Waals surface area contributed by atoms with E-state index in [2.05, 4.69) is 0 Å². The van der Waals surface area contributed by atoms with E-state index in [-0.39, 0.29) is 10.1 Å². The van der Waals surface area contributed by atoms with Gasteiger partial charge in [0, 0.05) is 0 Å². The van der Waals surface area contributed by atoms with Crippen molar-refractivity contribution in [3.05, 3.63) is 24.3 Å². The van der Waals surface area contributed by atoms with E-state index in [0.29, 0.717) is 0 Å². The number of rotatable bonds is 1. The van der Waals surface area contributed by atoms with Crippen molar-refractivity contribution in [2.24, 2.45) is 0 Å². The van der Waals surface area contributed by atoms with Crippen molar-refractivity contribution in [2.75, 3.05) is 0 Å². The molecule has 0 fully saturated rings. The van der Waals surface area contributed by atoms with Crippen LogP contribution in [0.15, 0.2) is 24.3 Å². The van der Waals surface area contributed by atoms with Gasteiger partial charge in [0.15, 0.2) is 0 Å². The predicted molar refractivity (Wildman–Crippen MR) is 45.7 cm³/mol. The number of hydrogen-bond acceptors (Lipinski definition) is 3. The Labute approximate surface area is 77.6 Å². The third-order valence-corrected chi connectivity index (χ3v) is 3.22. The molecule has 0 amide bonds. The second-order valence-electron chi connectivity index (χ2n) is 2.06. The Hall–Kier alpha value is -1.03. The summed E-state index contributed by atoms with van der Waals surface area (Å²) in [6.07, 6.45) is 0. The fraction of sp³-hybridized carbons (Fsp3) is 0. The van der Waals surface area contributed by atoms with Crippen molar-refractivity contribution in [1.82, 2.24) is 0 Å². The Morgan fingerprint density at radius 1 is 1.08 bits per heavy atom. The van der Waals surface area contributed by atoms with Gasteiger partial charge in [0.2, 0.25) is 0 Å².